The second-order valence-electron chi connectivity index (χ2n) is 5.68. The number of nitrogens with one attached hydrogen (secondary N) is 1. The highest BCUT2D eigenvalue weighted by molar-refractivity contribution is 7.80. The third kappa shape index (κ3) is 6.11. The maximum Gasteiger partial charge on any atom is 0.321 e. The number of hydrogen-bond acceptors (Lipinski definition) is 3. The van der Waals surface area contributed by atoms with Gasteiger partial charge < -0.3 is 10.4 Å². The van der Waals surface area contributed by atoms with Gasteiger partial charge in [-0.05, 0) is 54.3 Å². The van der Waals surface area contributed by atoms with Crippen molar-refractivity contribution < 1.29 is 18.7 Å². The fourth-order valence-corrected chi connectivity index (χ4v) is 2.79. The number of likely N-dealkylation sites (N-methyl/N-ethyl adjacent to an activating group) is 1. The van der Waals surface area contributed by atoms with Gasteiger partial charge in [-0.2, -0.15) is 12.6 Å². The molecule has 2 rings (SSSR count). The van der Waals surface area contributed by atoms with Crippen LogP contribution in [-0.2, 0) is 17.6 Å². The molecule has 0 aliphatic carbocycles. The monoisotopic (exact) mass is 381 g/mol. The smallest absolute Gasteiger partial charge is 0.321 e. The van der Waals surface area contributed by atoms with E-state index in [4.69, 9.17) is 5.11 Å². The molecule has 2 aromatic carbocycles. The van der Waals surface area contributed by atoms with E-state index in [9.17, 15) is 13.6 Å². The van der Waals surface area contributed by atoms with Crippen LogP contribution in [0.1, 0.15) is 25.0 Å². The van der Waals surface area contributed by atoms with Crippen LogP contribution in [0.3, 0.4) is 0 Å². The molecule has 0 spiro atoms. The van der Waals surface area contributed by atoms with Gasteiger partial charge in [-0.1, -0.05) is 38.1 Å². The van der Waals surface area contributed by atoms with Gasteiger partial charge in [-0.3, -0.25) is 4.79 Å². The Morgan fingerprint density at radius 3 is 2.04 bits per heavy atom. The maximum atomic E-state index is 13.2. The topological polar surface area (TPSA) is 49.3 Å². The van der Waals surface area contributed by atoms with E-state index in [1.807, 2.05) is 6.07 Å². The lowest BCUT2D eigenvalue weighted by Crippen LogP contribution is -2.35. The van der Waals surface area contributed by atoms with Crippen molar-refractivity contribution in [2.24, 2.45) is 0 Å². The summed E-state index contributed by atoms with van der Waals surface area (Å²) in [5, 5.41) is 10.8. The quantitative estimate of drug-likeness (QED) is 0.652. The van der Waals surface area contributed by atoms with Crippen LogP contribution < -0.4 is 5.32 Å². The lowest BCUT2D eigenvalue weighted by Gasteiger charge is -2.09. The van der Waals surface area contributed by atoms with Gasteiger partial charge in [0.2, 0.25) is 0 Å². The number of hydrogen-bond donors (Lipinski definition) is 3. The fraction of sp³-hybridized carbons (Fsp3) is 0.350. The molecule has 0 bridgehead atoms. The van der Waals surface area contributed by atoms with Crippen molar-refractivity contribution in [3.63, 3.8) is 0 Å². The van der Waals surface area contributed by atoms with Crippen molar-refractivity contribution >= 4 is 18.6 Å². The normalized spacial score (nSPS) is 11.5. The summed E-state index contributed by atoms with van der Waals surface area (Å²) in [6.45, 7) is 4.22. The van der Waals surface area contributed by atoms with Crippen LogP contribution in [-0.4, -0.2) is 29.9 Å². The number of aliphatic carboxylic acids is 1. The molecule has 0 aliphatic rings. The lowest BCUT2D eigenvalue weighted by molar-refractivity contribution is -0.138. The third-order valence-electron chi connectivity index (χ3n) is 4.05. The molecule has 1 atom stereocenters. The second kappa shape index (κ2) is 10.9. The molecule has 0 aliphatic heterocycles. The molecule has 0 heterocycles. The first-order valence-corrected chi connectivity index (χ1v) is 9.09. The van der Waals surface area contributed by atoms with Crippen molar-refractivity contribution in [1.82, 2.24) is 5.32 Å². The largest absolute Gasteiger partial charge is 0.480 e. The predicted molar refractivity (Wildman–Crippen MR) is 105 cm³/mol. The zero-order valence-electron chi connectivity index (χ0n) is 15.2. The Bertz CT molecular complexity index is 734. The van der Waals surface area contributed by atoms with Crippen LogP contribution in [0.4, 0.5) is 8.78 Å². The van der Waals surface area contributed by atoms with E-state index in [2.05, 4.69) is 43.9 Å². The standard InChI is InChI=1S/C16H16F2.C4H9NO2S/c1-3-11-5-6-13(9-12(11)4-2)14-7-8-15(17)16(18)10-14;1-5-3(2-8)4(6)7/h5-10H,3-4H2,1-2H3;3,5,8H,2H2,1H3,(H,6,7)/t;3-/m.0/s1. The number of benzene rings is 2. The highest BCUT2D eigenvalue weighted by Crippen LogP contribution is 2.24. The zero-order valence-corrected chi connectivity index (χ0v) is 16.1. The van der Waals surface area contributed by atoms with E-state index in [1.165, 1.54) is 23.3 Å². The van der Waals surface area contributed by atoms with Crippen LogP contribution in [0.25, 0.3) is 11.1 Å². The second-order valence-corrected chi connectivity index (χ2v) is 6.05. The molecule has 2 N–H and O–H groups in total. The Balaban J connectivity index is 0.000000359. The number of rotatable bonds is 6. The molecule has 0 saturated heterocycles. The minimum absolute atomic E-state index is 0.325. The van der Waals surface area contributed by atoms with Gasteiger partial charge in [-0.25, -0.2) is 8.78 Å². The number of thiol groups is 1. The van der Waals surface area contributed by atoms with Crippen molar-refractivity contribution in [3.8, 4) is 11.1 Å². The van der Waals surface area contributed by atoms with E-state index >= 15 is 0 Å². The predicted octanol–water partition coefficient (Wildman–Crippen LogP) is 4.35. The van der Waals surface area contributed by atoms with Crippen molar-refractivity contribution in [2.45, 2.75) is 32.7 Å². The van der Waals surface area contributed by atoms with Gasteiger partial charge in [0.1, 0.15) is 6.04 Å². The van der Waals surface area contributed by atoms with Crippen molar-refractivity contribution in [1.29, 1.82) is 0 Å². The fourth-order valence-electron chi connectivity index (χ4n) is 2.45. The summed E-state index contributed by atoms with van der Waals surface area (Å²) >= 11 is 3.79. The first kappa shape index (κ1) is 22.1. The Hall–Kier alpha value is -1.92. The van der Waals surface area contributed by atoms with Crippen molar-refractivity contribution in [3.05, 3.63) is 59.2 Å². The Morgan fingerprint density at radius 1 is 1.04 bits per heavy atom. The van der Waals surface area contributed by atoms with Crippen LogP contribution >= 0.6 is 12.6 Å². The van der Waals surface area contributed by atoms with Gasteiger partial charge in [0.15, 0.2) is 11.6 Å². The molecule has 26 heavy (non-hydrogen) atoms. The molecule has 0 fully saturated rings. The molecule has 2 aromatic rings. The Labute approximate surface area is 158 Å². The van der Waals surface area contributed by atoms with E-state index in [1.54, 1.807) is 13.1 Å². The van der Waals surface area contributed by atoms with Crippen LogP contribution in [0, 0.1) is 11.6 Å². The number of halogens is 2. The molecule has 142 valence electrons. The maximum absolute atomic E-state index is 13.2. The highest BCUT2D eigenvalue weighted by Gasteiger charge is 2.10. The van der Waals surface area contributed by atoms with E-state index in [0.29, 0.717) is 11.3 Å². The average Bonchev–Trinajstić information content (AvgIpc) is 2.64. The van der Waals surface area contributed by atoms with E-state index < -0.39 is 23.6 Å². The number of carboxylic acids is 1. The Kier molecular flexibility index (Phi) is 9.30. The van der Waals surface area contributed by atoms with E-state index in [0.717, 1.165) is 18.4 Å². The summed E-state index contributed by atoms with van der Waals surface area (Å²) in [4.78, 5) is 10.1. The third-order valence-corrected chi connectivity index (χ3v) is 4.42. The van der Waals surface area contributed by atoms with E-state index in [-0.39, 0.29) is 0 Å². The minimum atomic E-state index is -0.859. The van der Waals surface area contributed by atoms with Crippen LogP contribution in [0.2, 0.25) is 0 Å². The summed E-state index contributed by atoms with van der Waals surface area (Å²) < 4.78 is 26.1. The highest BCUT2D eigenvalue weighted by atomic mass is 32.1. The summed E-state index contributed by atoms with van der Waals surface area (Å²) in [5.41, 5.74) is 4.22. The molecule has 6 heteroatoms. The van der Waals surface area contributed by atoms with Crippen LogP contribution in [0.15, 0.2) is 36.4 Å². The molecular weight excluding hydrogens is 356 g/mol. The van der Waals surface area contributed by atoms with Gasteiger partial charge in [0.05, 0.1) is 0 Å². The van der Waals surface area contributed by atoms with Gasteiger partial charge in [0, 0.05) is 5.75 Å². The first-order valence-electron chi connectivity index (χ1n) is 8.45. The van der Waals surface area contributed by atoms with Crippen LogP contribution in [0.5, 0.6) is 0 Å². The summed E-state index contributed by atoms with van der Waals surface area (Å²) in [6.07, 6.45) is 1.93. The number of carboxylic acid groups (broad SMARTS) is 1. The van der Waals surface area contributed by atoms with Gasteiger partial charge in [0.25, 0.3) is 0 Å². The molecule has 0 radical (unpaired) electrons. The number of carbonyl (C=O) groups is 1. The molecule has 0 aromatic heterocycles. The van der Waals surface area contributed by atoms with Crippen molar-refractivity contribution in [2.75, 3.05) is 12.8 Å². The zero-order chi connectivity index (χ0) is 19.7. The average molecular weight is 381 g/mol. The molecule has 0 amide bonds. The molecular formula is C20H25F2NO2S. The summed E-state index contributed by atoms with van der Waals surface area (Å²) in [6, 6.07) is 9.60. The Morgan fingerprint density at radius 2 is 1.62 bits per heavy atom. The van der Waals surface area contributed by atoms with Gasteiger partial charge in [-0.15, -0.1) is 0 Å². The minimum Gasteiger partial charge on any atom is -0.480 e. The SMILES string of the molecule is CCc1ccc(-c2ccc(F)c(F)c2)cc1CC.CN[C@@H](CS)C(=O)O. The number of aryl methyl sites for hydroxylation is 2. The first-order chi connectivity index (χ1) is 12.4. The van der Waals surface area contributed by atoms with Gasteiger partial charge >= 0.3 is 5.97 Å². The molecule has 0 saturated carbocycles. The summed E-state index contributed by atoms with van der Waals surface area (Å²) in [7, 11) is 1.59. The summed E-state index contributed by atoms with van der Waals surface area (Å²) in [5.74, 6) is -2.14. The lowest BCUT2D eigenvalue weighted by atomic mass is 9.96. The molecule has 0 unspecified atom stereocenters. The molecule has 3 nitrogen and oxygen atoms in total.